The number of aromatic nitrogens is 3. The lowest BCUT2D eigenvalue weighted by Crippen LogP contribution is -2.24. The van der Waals surface area contributed by atoms with Crippen LogP contribution in [-0.4, -0.2) is 32.5 Å². The number of hydrogen-bond donors (Lipinski definition) is 2. The summed E-state index contributed by atoms with van der Waals surface area (Å²) in [5, 5.41) is 11.9. The maximum Gasteiger partial charge on any atom is 0.573 e. The molecule has 0 aliphatic heterocycles. The van der Waals surface area contributed by atoms with Crippen LogP contribution < -0.4 is 20.2 Å². The summed E-state index contributed by atoms with van der Waals surface area (Å²) in [4.78, 5) is 4.25. The first-order valence-electron chi connectivity index (χ1n) is 11.9. The van der Waals surface area contributed by atoms with Crippen molar-refractivity contribution in [1.82, 2.24) is 20.2 Å². The van der Waals surface area contributed by atoms with E-state index >= 15 is 0 Å². The minimum absolute atomic E-state index is 0.0618. The fourth-order valence-corrected chi connectivity index (χ4v) is 3.75. The summed E-state index contributed by atoms with van der Waals surface area (Å²) in [6.45, 7) is 4.21. The topological polar surface area (TPSA) is 85.6 Å². The minimum Gasteiger partial charge on any atom is -0.421 e. The summed E-state index contributed by atoms with van der Waals surface area (Å²) >= 11 is 5.34. The van der Waals surface area contributed by atoms with Crippen LogP contribution in [0, 0.1) is 5.82 Å². The molecule has 2 N–H and O–H groups in total. The van der Waals surface area contributed by atoms with E-state index in [9.17, 15) is 17.6 Å². The van der Waals surface area contributed by atoms with E-state index < -0.39 is 17.9 Å². The zero-order chi connectivity index (χ0) is 28.9. The van der Waals surface area contributed by atoms with Crippen molar-refractivity contribution in [1.29, 1.82) is 0 Å². The van der Waals surface area contributed by atoms with Crippen molar-refractivity contribution in [2.45, 2.75) is 26.1 Å². The van der Waals surface area contributed by atoms with Gasteiger partial charge in [-0.05, 0) is 47.5 Å². The van der Waals surface area contributed by atoms with Gasteiger partial charge in [0, 0.05) is 24.4 Å². The molecule has 1 aromatic heterocycles. The van der Waals surface area contributed by atoms with Crippen molar-refractivity contribution in [3.8, 4) is 28.9 Å². The maximum absolute atomic E-state index is 14.3. The van der Waals surface area contributed by atoms with Gasteiger partial charge in [0.25, 0.3) is 0 Å². The molecular weight excluding hydrogens is 548 g/mol. The molecular formula is C27H24F4N6O2S. The van der Waals surface area contributed by atoms with Gasteiger partial charge in [-0.2, -0.15) is 10.1 Å². The van der Waals surface area contributed by atoms with Gasteiger partial charge in [0.2, 0.25) is 0 Å². The molecule has 0 spiro atoms. The number of nitrogens with zero attached hydrogens (tertiary/aromatic N) is 4. The molecule has 1 heterocycles. The highest BCUT2D eigenvalue weighted by atomic mass is 32.1. The van der Waals surface area contributed by atoms with E-state index in [2.05, 4.69) is 44.5 Å². The lowest BCUT2D eigenvalue weighted by molar-refractivity contribution is -0.274. The molecule has 0 radical (unpaired) electrons. The number of benzene rings is 3. The molecule has 8 nitrogen and oxygen atoms in total. The van der Waals surface area contributed by atoms with Gasteiger partial charge >= 0.3 is 12.4 Å². The second-order valence-corrected chi connectivity index (χ2v) is 9.18. The number of rotatable bonds is 8. The molecule has 3 aromatic carbocycles. The quantitative estimate of drug-likeness (QED) is 0.105. The van der Waals surface area contributed by atoms with Gasteiger partial charge in [-0.1, -0.05) is 56.3 Å². The molecule has 0 saturated carbocycles. The second-order valence-electron chi connectivity index (χ2n) is 8.77. The van der Waals surface area contributed by atoms with Crippen LogP contribution in [0.1, 0.15) is 30.9 Å². The summed E-state index contributed by atoms with van der Waals surface area (Å²) in [5.74, 6) is -1.47. The van der Waals surface area contributed by atoms with E-state index in [1.165, 1.54) is 11.7 Å². The van der Waals surface area contributed by atoms with E-state index in [0.717, 1.165) is 28.9 Å². The fraction of sp³-hybridized carbons (Fsp3) is 0.185. The molecule has 0 saturated heterocycles. The zero-order valence-corrected chi connectivity index (χ0v) is 22.3. The maximum atomic E-state index is 14.3. The Kier molecular flexibility index (Phi) is 8.63. The third-order valence-corrected chi connectivity index (χ3v) is 5.63. The van der Waals surface area contributed by atoms with E-state index in [0.29, 0.717) is 28.5 Å². The molecule has 4 aromatic rings. The summed E-state index contributed by atoms with van der Waals surface area (Å²) in [6.07, 6.45) is -3.34. The van der Waals surface area contributed by atoms with Crippen molar-refractivity contribution in [2.24, 2.45) is 12.1 Å². The number of nitrogens with one attached hydrogen (secondary N) is 2. The Hall–Kier alpha value is -4.52. The smallest absolute Gasteiger partial charge is 0.421 e. The number of ether oxygens (including phenoxy) is 2. The molecule has 0 fully saturated rings. The lowest BCUT2D eigenvalue weighted by Gasteiger charge is -2.14. The summed E-state index contributed by atoms with van der Waals surface area (Å²) in [7, 11) is 1.54. The molecule has 0 amide bonds. The monoisotopic (exact) mass is 572 g/mol. The van der Waals surface area contributed by atoms with Crippen LogP contribution in [0.15, 0.2) is 71.8 Å². The number of anilines is 1. The predicted octanol–water partition coefficient (Wildman–Crippen LogP) is 6.76. The molecule has 0 atom stereocenters. The van der Waals surface area contributed by atoms with E-state index in [4.69, 9.17) is 17.0 Å². The molecule has 13 heteroatoms. The van der Waals surface area contributed by atoms with Gasteiger partial charge in [0.05, 0.1) is 6.21 Å². The van der Waals surface area contributed by atoms with Crippen LogP contribution >= 0.6 is 12.2 Å². The molecule has 208 valence electrons. The van der Waals surface area contributed by atoms with Crippen molar-refractivity contribution in [3.63, 3.8) is 0 Å². The zero-order valence-electron chi connectivity index (χ0n) is 21.5. The molecule has 4 rings (SSSR count). The van der Waals surface area contributed by atoms with Crippen LogP contribution in [0.4, 0.5) is 23.2 Å². The first-order valence-corrected chi connectivity index (χ1v) is 12.3. The number of thiocarbonyl (C=S) groups is 1. The molecule has 0 unspecified atom stereocenters. The molecule has 0 bridgehead atoms. The average Bonchev–Trinajstić information content (AvgIpc) is 3.25. The van der Waals surface area contributed by atoms with E-state index in [1.807, 2.05) is 24.3 Å². The van der Waals surface area contributed by atoms with Gasteiger partial charge in [-0.3, -0.25) is 5.43 Å². The van der Waals surface area contributed by atoms with Crippen molar-refractivity contribution < 1.29 is 27.0 Å². The standard InChI is InChI=1S/C27H24F4N6O2S/c1-16(2)20-6-4-5-7-22(20)33-25(40)35-32-15-17-8-10-18(11-9-17)24-34-26(37(3)36-24)38-23-13-12-19(14-21(23)28)39-27(29,30)31/h4-16H,1-3H3,(H2,33,35,40). The second kappa shape index (κ2) is 12.1. The number of halogens is 4. The first kappa shape index (κ1) is 28.5. The SMILES string of the molecule is CC(C)c1ccccc1NC(=S)NN=Cc1ccc(-c2nc(Oc3ccc(OC(F)(F)F)cc3F)n(C)n2)cc1. The largest absolute Gasteiger partial charge is 0.573 e. The number of hydrazone groups is 1. The molecule has 0 aliphatic rings. The van der Waals surface area contributed by atoms with Crippen molar-refractivity contribution in [2.75, 3.05) is 5.32 Å². The predicted molar refractivity (Wildman–Crippen MR) is 147 cm³/mol. The fourth-order valence-electron chi connectivity index (χ4n) is 3.59. The Labute approximate surface area is 232 Å². The van der Waals surface area contributed by atoms with Crippen molar-refractivity contribution in [3.05, 3.63) is 83.7 Å². The van der Waals surface area contributed by atoms with Gasteiger partial charge < -0.3 is 14.8 Å². The minimum atomic E-state index is -4.94. The summed E-state index contributed by atoms with van der Waals surface area (Å²) in [5.41, 5.74) is 6.27. The number of aryl methyl sites for hydroxylation is 1. The highest BCUT2D eigenvalue weighted by Crippen LogP contribution is 2.30. The Morgan fingerprint density at radius 2 is 1.80 bits per heavy atom. The third-order valence-electron chi connectivity index (χ3n) is 5.44. The van der Waals surface area contributed by atoms with Crippen LogP contribution in [0.3, 0.4) is 0 Å². The van der Waals surface area contributed by atoms with Crippen LogP contribution in [0.2, 0.25) is 0 Å². The number of hydrogen-bond acceptors (Lipinski definition) is 6. The highest BCUT2D eigenvalue weighted by Gasteiger charge is 2.31. The van der Waals surface area contributed by atoms with Crippen LogP contribution in [0.5, 0.6) is 17.5 Å². The Balaban J connectivity index is 1.37. The van der Waals surface area contributed by atoms with Gasteiger partial charge in [0.1, 0.15) is 5.75 Å². The number of alkyl halides is 3. The van der Waals surface area contributed by atoms with Crippen LogP contribution in [-0.2, 0) is 7.05 Å². The van der Waals surface area contributed by atoms with Crippen molar-refractivity contribution >= 4 is 29.2 Å². The van der Waals surface area contributed by atoms with Gasteiger partial charge in [-0.25, -0.2) is 9.07 Å². The Morgan fingerprint density at radius 1 is 1.07 bits per heavy atom. The Bertz CT molecular complexity index is 1520. The van der Waals surface area contributed by atoms with E-state index in [1.54, 1.807) is 30.5 Å². The summed E-state index contributed by atoms with van der Waals surface area (Å²) < 4.78 is 61.7. The first-order chi connectivity index (χ1) is 19.0. The van der Waals surface area contributed by atoms with Gasteiger partial charge in [0.15, 0.2) is 22.5 Å². The Morgan fingerprint density at radius 3 is 2.48 bits per heavy atom. The lowest BCUT2D eigenvalue weighted by atomic mass is 10.0. The van der Waals surface area contributed by atoms with E-state index in [-0.39, 0.29) is 11.8 Å². The molecule has 40 heavy (non-hydrogen) atoms. The normalized spacial score (nSPS) is 11.6. The average molecular weight is 573 g/mol. The third kappa shape index (κ3) is 7.53. The molecule has 0 aliphatic carbocycles. The summed E-state index contributed by atoms with van der Waals surface area (Å²) in [6, 6.07) is 17.5. The van der Waals surface area contributed by atoms with Crippen LogP contribution in [0.25, 0.3) is 11.4 Å². The number of para-hydroxylation sites is 1. The van der Waals surface area contributed by atoms with Gasteiger partial charge in [-0.15, -0.1) is 18.3 Å². The highest BCUT2D eigenvalue weighted by molar-refractivity contribution is 7.80.